The summed E-state index contributed by atoms with van der Waals surface area (Å²) in [6.45, 7) is 1.24. The third-order valence-electron chi connectivity index (χ3n) is 2.97. The van der Waals surface area contributed by atoms with Crippen LogP contribution < -0.4 is 4.74 Å². The van der Waals surface area contributed by atoms with Gasteiger partial charge in [0.15, 0.2) is 0 Å². The SMILES string of the molecule is CN(CCCS(C)(=O)=O)CCc1cccc(OC(F)(F)F)c1. The molecule has 8 heteroatoms. The van der Waals surface area contributed by atoms with Crippen LogP contribution in [0, 0.1) is 0 Å². The van der Waals surface area contributed by atoms with Crippen molar-refractivity contribution in [3.8, 4) is 5.75 Å². The van der Waals surface area contributed by atoms with Gasteiger partial charge in [0.25, 0.3) is 0 Å². The standard InChI is InChI=1S/C14H20F3NO3S/c1-18(8-4-10-22(2,19)20)9-7-12-5-3-6-13(11-12)21-14(15,16)17/h3,5-6,11H,4,7-10H2,1-2H3. The van der Waals surface area contributed by atoms with E-state index in [2.05, 4.69) is 4.74 Å². The highest BCUT2D eigenvalue weighted by Gasteiger charge is 2.31. The highest BCUT2D eigenvalue weighted by Crippen LogP contribution is 2.23. The lowest BCUT2D eigenvalue weighted by molar-refractivity contribution is -0.274. The fraction of sp³-hybridized carbons (Fsp3) is 0.571. The minimum atomic E-state index is -4.69. The molecule has 0 atom stereocenters. The van der Waals surface area contributed by atoms with E-state index in [4.69, 9.17) is 0 Å². The fourth-order valence-electron chi connectivity index (χ4n) is 1.93. The van der Waals surface area contributed by atoms with E-state index >= 15 is 0 Å². The molecule has 1 rings (SSSR count). The van der Waals surface area contributed by atoms with Crippen LogP contribution in [-0.4, -0.2) is 51.8 Å². The Labute approximate surface area is 128 Å². The molecule has 126 valence electrons. The minimum absolute atomic E-state index is 0.131. The van der Waals surface area contributed by atoms with E-state index in [0.717, 1.165) is 5.56 Å². The Morgan fingerprint density at radius 2 is 1.91 bits per heavy atom. The van der Waals surface area contributed by atoms with Crippen molar-refractivity contribution >= 4 is 9.84 Å². The molecule has 0 aromatic heterocycles. The van der Waals surface area contributed by atoms with Gasteiger partial charge in [-0.2, -0.15) is 0 Å². The Hall–Kier alpha value is -1.28. The van der Waals surface area contributed by atoms with Crippen LogP contribution in [0.2, 0.25) is 0 Å². The maximum atomic E-state index is 12.1. The first-order chi connectivity index (χ1) is 10.1. The number of hydrogen-bond donors (Lipinski definition) is 0. The molecule has 0 aliphatic heterocycles. The van der Waals surface area contributed by atoms with Crippen LogP contribution in [0.4, 0.5) is 13.2 Å². The van der Waals surface area contributed by atoms with Crippen LogP contribution in [0.5, 0.6) is 5.75 Å². The number of alkyl halides is 3. The number of rotatable bonds is 8. The average Bonchev–Trinajstić information content (AvgIpc) is 2.33. The average molecular weight is 339 g/mol. The quantitative estimate of drug-likeness (QED) is 0.730. The van der Waals surface area contributed by atoms with Gasteiger partial charge >= 0.3 is 6.36 Å². The second kappa shape index (κ2) is 7.82. The predicted molar refractivity (Wildman–Crippen MR) is 78.7 cm³/mol. The summed E-state index contributed by atoms with van der Waals surface area (Å²) in [6, 6.07) is 5.86. The summed E-state index contributed by atoms with van der Waals surface area (Å²) in [6.07, 6.45) is -2.41. The molecule has 0 heterocycles. The number of hydrogen-bond acceptors (Lipinski definition) is 4. The van der Waals surface area contributed by atoms with Gasteiger partial charge in [-0.15, -0.1) is 13.2 Å². The molecule has 0 saturated heterocycles. The van der Waals surface area contributed by atoms with Crippen molar-refractivity contribution in [1.29, 1.82) is 0 Å². The van der Waals surface area contributed by atoms with Gasteiger partial charge < -0.3 is 9.64 Å². The zero-order chi connectivity index (χ0) is 16.8. The molecule has 1 aromatic carbocycles. The van der Waals surface area contributed by atoms with Crippen LogP contribution >= 0.6 is 0 Å². The lowest BCUT2D eigenvalue weighted by atomic mass is 10.1. The van der Waals surface area contributed by atoms with Crippen molar-refractivity contribution in [1.82, 2.24) is 4.90 Å². The Morgan fingerprint density at radius 3 is 2.50 bits per heavy atom. The van der Waals surface area contributed by atoms with Crippen molar-refractivity contribution in [2.24, 2.45) is 0 Å². The van der Waals surface area contributed by atoms with Gasteiger partial charge in [-0.25, -0.2) is 8.42 Å². The molecule has 0 N–H and O–H groups in total. The van der Waals surface area contributed by atoms with Crippen LogP contribution in [0.25, 0.3) is 0 Å². The zero-order valence-electron chi connectivity index (χ0n) is 12.6. The first kappa shape index (κ1) is 18.8. The molecule has 0 aliphatic carbocycles. The number of likely N-dealkylation sites (N-methyl/N-ethyl adjacent to an activating group) is 1. The smallest absolute Gasteiger partial charge is 0.406 e. The summed E-state index contributed by atoms with van der Waals surface area (Å²) in [5.74, 6) is -0.101. The summed E-state index contributed by atoms with van der Waals surface area (Å²) in [5, 5.41) is 0. The van der Waals surface area contributed by atoms with Crippen molar-refractivity contribution in [2.45, 2.75) is 19.2 Å². The van der Waals surface area contributed by atoms with E-state index in [1.165, 1.54) is 24.5 Å². The Kier molecular flexibility index (Phi) is 6.67. The molecule has 0 unspecified atom stereocenters. The summed E-state index contributed by atoms with van der Waals surface area (Å²) in [5.41, 5.74) is 0.733. The van der Waals surface area contributed by atoms with Gasteiger partial charge in [-0.1, -0.05) is 12.1 Å². The first-order valence-electron chi connectivity index (χ1n) is 6.76. The first-order valence-corrected chi connectivity index (χ1v) is 8.82. The van der Waals surface area contributed by atoms with E-state index in [1.54, 1.807) is 6.07 Å². The largest absolute Gasteiger partial charge is 0.573 e. The Bertz CT molecular complexity index is 573. The zero-order valence-corrected chi connectivity index (χ0v) is 13.4. The maximum Gasteiger partial charge on any atom is 0.573 e. The Balaban J connectivity index is 2.42. The molecular weight excluding hydrogens is 319 g/mol. The van der Waals surface area contributed by atoms with E-state index in [-0.39, 0.29) is 11.5 Å². The second-order valence-electron chi connectivity index (χ2n) is 5.23. The molecule has 22 heavy (non-hydrogen) atoms. The van der Waals surface area contributed by atoms with Crippen LogP contribution in [-0.2, 0) is 16.3 Å². The summed E-state index contributed by atoms with van der Waals surface area (Å²) in [7, 11) is -1.11. The van der Waals surface area contributed by atoms with Crippen molar-refractivity contribution in [3.05, 3.63) is 29.8 Å². The van der Waals surface area contributed by atoms with Gasteiger partial charge in [0.2, 0.25) is 0 Å². The molecule has 0 aliphatic rings. The van der Waals surface area contributed by atoms with Crippen molar-refractivity contribution in [3.63, 3.8) is 0 Å². The van der Waals surface area contributed by atoms with E-state index < -0.39 is 16.2 Å². The van der Waals surface area contributed by atoms with Gasteiger partial charge in [0.1, 0.15) is 15.6 Å². The van der Waals surface area contributed by atoms with E-state index in [1.807, 2.05) is 11.9 Å². The molecule has 4 nitrogen and oxygen atoms in total. The topological polar surface area (TPSA) is 46.6 Å². The summed E-state index contributed by atoms with van der Waals surface area (Å²) in [4.78, 5) is 1.95. The molecule has 0 spiro atoms. The number of halogens is 3. The third-order valence-corrected chi connectivity index (χ3v) is 4.00. The summed E-state index contributed by atoms with van der Waals surface area (Å²) >= 11 is 0. The van der Waals surface area contributed by atoms with Crippen molar-refractivity contribution < 1.29 is 26.3 Å². The lowest BCUT2D eigenvalue weighted by Gasteiger charge is -2.16. The van der Waals surface area contributed by atoms with Crippen molar-refractivity contribution in [2.75, 3.05) is 32.1 Å². The normalized spacial score (nSPS) is 12.6. The minimum Gasteiger partial charge on any atom is -0.406 e. The monoisotopic (exact) mass is 339 g/mol. The van der Waals surface area contributed by atoms with Crippen LogP contribution in [0.15, 0.2) is 24.3 Å². The van der Waals surface area contributed by atoms with E-state index in [0.29, 0.717) is 25.9 Å². The predicted octanol–water partition coefficient (Wildman–Crippen LogP) is 2.49. The fourth-order valence-corrected chi connectivity index (χ4v) is 2.58. The molecular formula is C14H20F3NO3S. The van der Waals surface area contributed by atoms with Gasteiger partial charge in [0, 0.05) is 12.8 Å². The van der Waals surface area contributed by atoms with E-state index in [9.17, 15) is 21.6 Å². The van der Waals surface area contributed by atoms with Gasteiger partial charge in [-0.05, 0) is 44.1 Å². The second-order valence-corrected chi connectivity index (χ2v) is 7.49. The molecule has 0 amide bonds. The number of nitrogens with zero attached hydrogens (tertiary/aromatic N) is 1. The van der Waals surface area contributed by atoms with Crippen LogP contribution in [0.1, 0.15) is 12.0 Å². The number of benzene rings is 1. The molecule has 1 aromatic rings. The molecule has 0 fully saturated rings. The van der Waals surface area contributed by atoms with Crippen LogP contribution in [0.3, 0.4) is 0 Å². The third kappa shape index (κ3) is 8.89. The summed E-state index contributed by atoms with van der Waals surface area (Å²) < 4.78 is 62.3. The Morgan fingerprint density at radius 1 is 1.23 bits per heavy atom. The van der Waals surface area contributed by atoms with Gasteiger partial charge in [0.05, 0.1) is 5.75 Å². The maximum absolute atomic E-state index is 12.1. The molecule has 0 bridgehead atoms. The number of sulfone groups is 1. The lowest BCUT2D eigenvalue weighted by Crippen LogP contribution is -2.24. The number of ether oxygens (including phenoxy) is 1. The highest BCUT2D eigenvalue weighted by molar-refractivity contribution is 7.90. The van der Waals surface area contributed by atoms with Gasteiger partial charge in [-0.3, -0.25) is 0 Å². The molecule has 0 saturated carbocycles. The molecule has 0 radical (unpaired) electrons. The highest BCUT2D eigenvalue weighted by atomic mass is 32.2.